The maximum atomic E-state index is 11.4. The van der Waals surface area contributed by atoms with Gasteiger partial charge in [-0.05, 0) is 60.8 Å². The fraction of sp³-hybridized carbons (Fsp3) is 0.350. The van der Waals surface area contributed by atoms with Crippen LogP contribution in [0.25, 0.3) is 4.91 Å². The molecule has 0 amide bonds. The third-order valence-electron chi connectivity index (χ3n) is 4.06. The van der Waals surface area contributed by atoms with E-state index in [1.54, 1.807) is 18.2 Å². The minimum atomic E-state index is -0.961. The first-order valence-electron chi connectivity index (χ1n) is 8.10. The number of benzene rings is 1. The number of carboxylic acids is 1. The monoisotopic (exact) mass is 344 g/mol. The molecule has 0 unspecified atom stereocenters. The van der Waals surface area contributed by atoms with Crippen molar-refractivity contribution in [3.63, 3.8) is 0 Å². The first-order valence-corrected chi connectivity index (χ1v) is 8.92. The van der Waals surface area contributed by atoms with Crippen LogP contribution in [0.5, 0.6) is 5.75 Å². The number of aromatic carboxylic acids is 1. The van der Waals surface area contributed by atoms with E-state index in [1.165, 1.54) is 11.8 Å². The van der Waals surface area contributed by atoms with E-state index in [0.717, 1.165) is 34.6 Å². The van der Waals surface area contributed by atoms with Crippen molar-refractivity contribution in [1.29, 1.82) is 0 Å². The van der Waals surface area contributed by atoms with Gasteiger partial charge in [0, 0.05) is 4.91 Å². The van der Waals surface area contributed by atoms with Gasteiger partial charge in [0.1, 0.15) is 5.75 Å². The summed E-state index contributed by atoms with van der Waals surface area (Å²) in [5.41, 5.74) is 0.999. The molecule has 0 spiro atoms. The van der Waals surface area contributed by atoms with Crippen molar-refractivity contribution < 1.29 is 14.6 Å². The van der Waals surface area contributed by atoms with Crippen LogP contribution < -0.4 is 4.74 Å². The standard InChI is InChI=1S/C20H24O3S/c1-5-6-14(3)24-15(4)16-10-17(20(21)22)12-19(11-16)23-18-8-7-13(2)9-18/h5-6,10-13,18H,1,4,7-9H2,2-3H3,(H,21,22)/b14-6-/t13-,18+/m0/s1. The fourth-order valence-electron chi connectivity index (χ4n) is 2.86. The van der Waals surface area contributed by atoms with Gasteiger partial charge in [0.15, 0.2) is 0 Å². The van der Waals surface area contributed by atoms with Crippen LogP contribution in [0.4, 0.5) is 0 Å². The van der Waals surface area contributed by atoms with Gasteiger partial charge in [0.25, 0.3) is 0 Å². The topological polar surface area (TPSA) is 46.5 Å². The zero-order chi connectivity index (χ0) is 17.7. The molecule has 2 rings (SSSR count). The second kappa shape index (κ2) is 8.25. The summed E-state index contributed by atoms with van der Waals surface area (Å²) >= 11 is 1.50. The lowest BCUT2D eigenvalue weighted by Gasteiger charge is -2.16. The predicted octanol–water partition coefficient (Wildman–Crippen LogP) is 5.75. The van der Waals surface area contributed by atoms with E-state index in [4.69, 9.17) is 4.74 Å². The Kier molecular flexibility index (Phi) is 6.32. The Morgan fingerprint density at radius 1 is 1.33 bits per heavy atom. The zero-order valence-corrected chi connectivity index (χ0v) is 15.1. The number of ether oxygens (including phenoxy) is 1. The van der Waals surface area contributed by atoms with E-state index in [2.05, 4.69) is 20.1 Å². The van der Waals surface area contributed by atoms with Crippen molar-refractivity contribution >= 4 is 22.6 Å². The quantitative estimate of drug-likeness (QED) is 0.640. The Labute approximate surface area is 148 Å². The van der Waals surface area contributed by atoms with Gasteiger partial charge in [-0.15, -0.1) is 0 Å². The van der Waals surface area contributed by atoms with E-state index in [-0.39, 0.29) is 11.7 Å². The molecule has 1 aliphatic carbocycles. The van der Waals surface area contributed by atoms with Crippen LogP contribution in [0.3, 0.4) is 0 Å². The molecule has 2 atom stereocenters. The van der Waals surface area contributed by atoms with Crippen molar-refractivity contribution in [3.8, 4) is 5.75 Å². The summed E-state index contributed by atoms with van der Waals surface area (Å²) < 4.78 is 6.04. The lowest BCUT2D eigenvalue weighted by Crippen LogP contribution is -2.12. The summed E-state index contributed by atoms with van der Waals surface area (Å²) in [5.74, 6) is 0.308. The molecule has 0 aliphatic heterocycles. The van der Waals surface area contributed by atoms with E-state index in [9.17, 15) is 9.90 Å². The summed E-state index contributed by atoms with van der Waals surface area (Å²) in [6, 6.07) is 5.12. The van der Waals surface area contributed by atoms with Gasteiger partial charge < -0.3 is 9.84 Å². The van der Waals surface area contributed by atoms with Gasteiger partial charge in [0.2, 0.25) is 0 Å². The molecule has 1 aliphatic rings. The average molecular weight is 344 g/mol. The second-order valence-electron chi connectivity index (χ2n) is 6.25. The number of hydrogen-bond acceptors (Lipinski definition) is 3. The first kappa shape index (κ1) is 18.4. The molecule has 128 valence electrons. The highest BCUT2D eigenvalue weighted by Gasteiger charge is 2.23. The van der Waals surface area contributed by atoms with Crippen molar-refractivity contribution in [3.05, 3.63) is 59.5 Å². The first-order chi connectivity index (χ1) is 11.4. The fourth-order valence-corrected chi connectivity index (χ4v) is 3.65. The molecule has 0 saturated heterocycles. The molecule has 1 aromatic carbocycles. The van der Waals surface area contributed by atoms with Crippen molar-refractivity contribution in [2.75, 3.05) is 0 Å². The molecule has 1 fully saturated rings. The Morgan fingerprint density at radius 3 is 2.62 bits per heavy atom. The molecular formula is C20H24O3S. The molecule has 0 bridgehead atoms. The van der Waals surface area contributed by atoms with Gasteiger partial charge in [-0.25, -0.2) is 4.79 Å². The van der Waals surface area contributed by atoms with Crippen LogP contribution in [0.1, 0.15) is 49.0 Å². The van der Waals surface area contributed by atoms with Crippen LogP contribution >= 0.6 is 11.8 Å². The maximum absolute atomic E-state index is 11.4. The average Bonchev–Trinajstić information content (AvgIpc) is 2.92. The molecule has 1 N–H and O–H groups in total. The number of thioether (sulfide) groups is 1. The minimum Gasteiger partial charge on any atom is -0.490 e. The molecular weight excluding hydrogens is 320 g/mol. The second-order valence-corrected chi connectivity index (χ2v) is 7.59. The van der Waals surface area contributed by atoms with Crippen LogP contribution in [0.2, 0.25) is 0 Å². The van der Waals surface area contributed by atoms with Crippen LogP contribution in [0, 0.1) is 5.92 Å². The zero-order valence-electron chi connectivity index (χ0n) is 14.2. The molecule has 3 nitrogen and oxygen atoms in total. The highest BCUT2D eigenvalue weighted by Crippen LogP contribution is 2.35. The maximum Gasteiger partial charge on any atom is 0.335 e. The van der Waals surface area contributed by atoms with Gasteiger partial charge in [-0.1, -0.05) is 44.0 Å². The third-order valence-corrected chi connectivity index (χ3v) is 5.00. The smallest absolute Gasteiger partial charge is 0.335 e. The summed E-state index contributed by atoms with van der Waals surface area (Å²) in [6.45, 7) is 11.9. The van der Waals surface area contributed by atoms with Crippen LogP contribution in [-0.4, -0.2) is 17.2 Å². The molecule has 4 heteroatoms. The van der Waals surface area contributed by atoms with E-state index in [0.29, 0.717) is 11.7 Å². The lowest BCUT2D eigenvalue weighted by atomic mass is 10.1. The highest BCUT2D eigenvalue weighted by molar-refractivity contribution is 8.11. The van der Waals surface area contributed by atoms with Gasteiger partial charge >= 0.3 is 5.97 Å². The molecule has 0 heterocycles. The Morgan fingerprint density at radius 2 is 2.04 bits per heavy atom. The minimum absolute atomic E-state index is 0.167. The Hall–Kier alpha value is -1.94. The van der Waals surface area contributed by atoms with Crippen LogP contribution in [-0.2, 0) is 0 Å². The van der Waals surface area contributed by atoms with E-state index < -0.39 is 5.97 Å². The summed E-state index contributed by atoms with van der Waals surface area (Å²) in [5, 5.41) is 9.37. The molecule has 1 saturated carbocycles. The third kappa shape index (κ3) is 5.03. The van der Waals surface area contributed by atoms with Crippen molar-refractivity contribution in [1.82, 2.24) is 0 Å². The molecule has 1 aromatic rings. The normalized spacial score (nSPS) is 20.7. The summed E-state index contributed by atoms with van der Waals surface area (Å²) in [4.78, 5) is 13.3. The molecule has 24 heavy (non-hydrogen) atoms. The molecule has 0 aromatic heterocycles. The Bertz CT molecular complexity index is 675. The van der Waals surface area contributed by atoms with E-state index in [1.807, 2.05) is 19.1 Å². The SMILES string of the molecule is C=C/C=C(/C)SC(=C)c1cc(O[C@@H]2CC[C@H](C)C2)cc(C(=O)O)c1. The number of carbonyl (C=O) groups is 1. The Balaban J connectivity index is 2.23. The predicted molar refractivity (Wildman–Crippen MR) is 101 cm³/mol. The van der Waals surface area contributed by atoms with Crippen LogP contribution in [0.15, 0.2) is 48.4 Å². The van der Waals surface area contributed by atoms with Gasteiger partial charge in [-0.2, -0.15) is 0 Å². The summed E-state index contributed by atoms with van der Waals surface area (Å²) in [6.07, 6.45) is 6.98. The number of rotatable bonds is 7. The number of allylic oxidation sites excluding steroid dienone is 3. The van der Waals surface area contributed by atoms with Crippen molar-refractivity contribution in [2.24, 2.45) is 5.92 Å². The lowest BCUT2D eigenvalue weighted by molar-refractivity contribution is 0.0696. The van der Waals surface area contributed by atoms with Gasteiger partial charge in [0.05, 0.1) is 11.7 Å². The number of hydrogen-bond donors (Lipinski definition) is 1. The highest BCUT2D eigenvalue weighted by atomic mass is 32.2. The van der Waals surface area contributed by atoms with Gasteiger partial charge in [-0.3, -0.25) is 0 Å². The molecule has 0 radical (unpaired) electrons. The largest absolute Gasteiger partial charge is 0.490 e. The van der Waals surface area contributed by atoms with E-state index >= 15 is 0 Å². The summed E-state index contributed by atoms with van der Waals surface area (Å²) in [7, 11) is 0. The van der Waals surface area contributed by atoms with Crippen molar-refractivity contribution in [2.45, 2.75) is 39.2 Å². The number of carboxylic acid groups (broad SMARTS) is 1.